The second-order valence-electron chi connectivity index (χ2n) is 5.05. The van der Waals surface area contributed by atoms with Crippen LogP contribution in [0.25, 0.3) is 0 Å². The lowest BCUT2D eigenvalue weighted by molar-refractivity contribution is 0.0726. The molecule has 2 heteroatoms. The molecule has 1 aliphatic rings. The van der Waals surface area contributed by atoms with Crippen LogP contribution in [0, 0.1) is 10.8 Å². The number of hydrogen-bond acceptors (Lipinski definition) is 2. The Hall–Kier alpha value is -0.0800. The summed E-state index contributed by atoms with van der Waals surface area (Å²) in [7, 11) is 0. The van der Waals surface area contributed by atoms with E-state index in [9.17, 15) is 0 Å². The molecule has 66 valence electrons. The fraction of sp³-hybridized carbons (Fsp3) is 1.00. The fourth-order valence-corrected chi connectivity index (χ4v) is 1.85. The third kappa shape index (κ3) is 2.80. The quantitative estimate of drug-likeness (QED) is 0.637. The second-order valence-corrected chi connectivity index (χ2v) is 5.05. The summed E-state index contributed by atoms with van der Waals surface area (Å²) in [5.74, 6) is 5.07. The average Bonchev–Trinajstić information content (AvgIpc) is 2.44. The summed E-state index contributed by atoms with van der Waals surface area (Å²) >= 11 is 0. The predicted molar refractivity (Wildman–Crippen MR) is 45.9 cm³/mol. The van der Waals surface area contributed by atoms with Crippen molar-refractivity contribution in [3.63, 3.8) is 0 Å². The van der Waals surface area contributed by atoms with Crippen LogP contribution in [0.2, 0.25) is 0 Å². The van der Waals surface area contributed by atoms with Crippen LogP contribution < -0.4 is 5.90 Å². The van der Waals surface area contributed by atoms with E-state index in [1.165, 1.54) is 19.3 Å². The van der Waals surface area contributed by atoms with Crippen LogP contribution in [0.4, 0.5) is 0 Å². The van der Waals surface area contributed by atoms with Gasteiger partial charge in [-0.1, -0.05) is 20.8 Å². The Balaban J connectivity index is 2.35. The zero-order valence-corrected chi connectivity index (χ0v) is 7.81. The maximum atomic E-state index is 5.07. The molecule has 0 atom stereocenters. The van der Waals surface area contributed by atoms with E-state index in [2.05, 4.69) is 20.8 Å². The van der Waals surface area contributed by atoms with Gasteiger partial charge in [0.1, 0.15) is 0 Å². The molecule has 11 heavy (non-hydrogen) atoms. The molecule has 0 spiro atoms. The van der Waals surface area contributed by atoms with Crippen LogP contribution in [0.1, 0.15) is 40.0 Å². The minimum absolute atomic E-state index is 0.412. The molecule has 1 fully saturated rings. The van der Waals surface area contributed by atoms with Crippen LogP contribution in [0.5, 0.6) is 0 Å². The van der Waals surface area contributed by atoms with Gasteiger partial charge < -0.3 is 4.84 Å². The molecular weight excluding hydrogens is 138 g/mol. The normalized spacial score (nSPS) is 21.8. The third-order valence-electron chi connectivity index (χ3n) is 2.25. The Morgan fingerprint density at radius 1 is 1.36 bits per heavy atom. The fourth-order valence-electron chi connectivity index (χ4n) is 1.85. The lowest BCUT2D eigenvalue weighted by Crippen LogP contribution is -2.20. The summed E-state index contributed by atoms with van der Waals surface area (Å²) in [6.07, 6.45) is 3.82. The molecule has 0 saturated heterocycles. The standard InChI is InChI=1S/C9H19NO/c1-8(2,3)6-9(4-5-9)7-11-10/h4-7,10H2,1-3H3. The highest BCUT2D eigenvalue weighted by Crippen LogP contribution is 2.53. The molecule has 0 aromatic heterocycles. The molecule has 0 bridgehead atoms. The number of hydrogen-bond donors (Lipinski definition) is 1. The molecule has 0 aliphatic heterocycles. The molecule has 1 rings (SSSR count). The van der Waals surface area contributed by atoms with Crippen molar-refractivity contribution >= 4 is 0 Å². The third-order valence-corrected chi connectivity index (χ3v) is 2.25. The van der Waals surface area contributed by atoms with Gasteiger partial charge in [-0.25, -0.2) is 5.90 Å². The monoisotopic (exact) mass is 157 g/mol. The highest BCUT2D eigenvalue weighted by atomic mass is 16.6. The van der Waals surface area contributed by atoms with Crippen molar-refractivity contribution < 1.29 is 4.84 Å². The lowest BCUT2D eigenvalue weighted by Gasteiger charge is -2.24. The highest BCUT2D eigenvalue weighted by Gasteiger charge is 2.45. The molecule has 2 N–H and O–H groups in total. The summed E-state index contributed by atoms with van der Waals surface area (Å²) in [4.78, 5) is 4.72. The molecular formula is C9H19NO. The van der Waals surface area contributed by atoms with Crippen molar-refractivity contribution in [3.05, 3.63) is 0 Å². The average molecular weight is 157 g/mol. The Morgan fingerprint density at radius 3 is 2.18 bits per heavy atom. The van der Waals surface area contributed by atoms with Gasteiger partial charge in [-0.05, 0) is 30.1 Å². The van der Waals surface area contributed by atoms with Crippen molar-refractivity contribution in [1.82, 2.24) is 0 Å². The van der Waals surface area contributed by atoms with E-state index >= 15 is 0 Å². The van der Waals surface area contributed by atoms with Crippen LogP contribution >= 0.6 is 0 Å². The lowest BCUT2D eigenvalue weighted by atomic mass is 9.83. The van der Waals surface area contributed by atoms with Gasteiger partial charge in [0.25, 0.3) is 0 Å². The minimum atomic E-state index is 0.412. The molecule has 1 saturated carbocycles. The van der Waals surface area contributed by atoms with E-state index in [1.807, 2.05) is 0 Å². The van der Waals surface area contributed by atoms with Crippen molar-refractivity contribution in [2.75, 3.05) is 6.61 Å². The van der Waals surface area contributed by atoms with E-state index in [4.69, 9.17) is 10.7 Å². The summed E-state index contributed by atoms with van der Waals surface area (Å²) in [5, 5.41) is 0. The zero-order chi connectivity index (χ0) is 8.54. The van der Waals surface area contributed by atoms with E-state index in [0.29, 0.717) is 10.8 Å². The first-order valence-corrected chi connectivity index (χ1v) is 4.29. The van der Waals surface area contributed by atoms with Crippen LogP contribution in [0.3, 0.4) is 0 Å². The maximum absolute atomic E-state index is 5.07. The number of nitrogens with two attached hydrogens (primary N) is 1. The topological polar surface area (TPSA) is 35.2 Å². The highest BCUT2D eigenvalue weighted by molar-refractivity contribution is 4.95. The van der Waals surface area contributed by atoms with Gasteiger partial charge >= 0.3 is 0 Å². The summed E-state index contributed by atoms with van der Waals surface area (Å²) in [5.41, 5.74) is 0.849. The van der Waals surface area contributed by atoms with Gasteiger partial charge in [0.05, 0.1) is 6.61 Å². The molecule has 0 unspecified atom stereocenters. The maximum Gasteiger partial charge on any atom is 0.0735 e. The first-order chi connectivity index (χ1) is 4.97. The predicted octanol–water partition coefficient (Wildman–Crippen LogP) is 2.09. The minimum Gasteiger partial charge on any atom is -0.304 e. The van der Waals surface area contributed by atoms with Gasteiger partial charge in [0.2, 0.25) is 0 Å². The van der Waals surface area contributed by atoms with Crippen molar-refractivity contribution in [2.24, 2.45) is 16.7 Å². The van der Waals surface area contributed by atoms with E-state index in [0.717, 1.165) is 6.61 Å². The van der Waals surface area contributed by atoms with Crippen LogP contribution in [-0.2, 0) is 4.84 Å². The van der Waals surface area contributed by atoms with Gasteiger partial charge in [0.15, 0.2) is 0 Å². The Morgan fingerprint density at radius 2 is 1.91 bits per heavy atom. The smallest absolute Gasteiger partial charge is 0.0735 e. The van der Waals surface area contributed by atoms with E-state index in [1.54, 1.807) is 0 Å². The van der Waals surface area contributed by atoms with Crippen LogP contribution in [-0.4, -0.2) is 6.61 Å². The molecule has 0 aromatic rings. The first-order valence-electron chi connectivity index (χ1n) is 4.29. The molecule has 0 amide bonds. The van der Waals surface area contributed by atoms with Gasteiger partial charge in [-0.3, -0.25) is 0 Å². The van der Waals surface area contributed by atoms with Gasteiger partial charge in [0, 0.05) is 0 Å². The van der Waals surface area contributed by atoms with Crippen LogP contribution in [0.15, 0.2) is 0 Å². The largest absolute Gasteiger partial charge is 0.304 e. The van der Waals surface area contributed by atoms with Crippen molar-refractivity contribution in [1.29, 1.82) is 0 Å². The van der Waals surface area contributed by atoms with Gasteiger partial charge in [-0.15, -0.1) is 0 Å². The van der Waals surface area contributed by atoms with Crippen molar-refractivity contribution in [2.45, 2.75) is 40.0 Å². The summed E-state index contributed by atoms with van der Waals surface area (Å²) in [6, 6.07) is 0. The Kier molecular flexibility index (Phi) is 2.26. The molecule has 0 radical (unpaired) electrons. The van der Waals surface area contributed by atoms with E-state index < -0.39 is 0 Å². The summed E-state index contributed by atoms with van der Waals surface area (Å²) < 4.78 is 0. The molecule has 0 heterocycles. The second kappa shape index (κ2) is 2.76. The molecule has 2 nitrogen and oxygen atoms in total. The first kappa shape index (κ1) is 9.01. The summed E-state index contributed by atoms with van der Waals surface area (Å²) in [6.45, 7) is 7.54. The molecule has 1 aliphatic carbocycles. The van der Waals surface area contributed by atoms with Gasteiger partial charge in [-0.2, -0.15) is 0 Å². The SMILES string of the molecule is CC(C)(C)CC1(CON)CC1. The van der Waals surface area contributed by atoms with E-state index in [-0.39, 0.29) is 0 Å². The Labute approximate surface area is 69.1 Å². The Bertz CT molecular complexity index is 133. The zero-order valence-electron chi connectivity index (χ0n) is 7.81. The molecule has 0 aromatic carbocycles. The number of rotatable bonds is 3. The van der Waals surface area contributed by atoms with Crippen molar-refractivity contribution in [3.8, 4) is 0 Å².